The fourth-order valence-corrected chi connectivity index (χ4v) is 1.99. The second kappa shape index (κ2) is 6.66. The molecule has 0 heterocycles. The van der Waals surface area contributed by atoms with Gasteiger partial charge in [0.1, 0.15) is 0 Å². The minimum Gasteiger partial charge on any atom is -0.349 e. The molecule has 0 saturated carbocycles. The maximum Gasteiger partial charge on any atom is 0.228 e. The van der Waals surface area contributed by atoms with Crippen molar-refractivity contribution in [1.82, 2.24) is 5.32 Å². The number of rotatable bonds is 5. The molecule has 102 valence electrons. The Hall–Kier alpha value is -2.42. The number of amides is 1. The van der Waals surface area contributed by atoms with Crippen LogP contribution in [0, 0.1) is 0 Å². The maximum atomic E-state index is 11.9. The Morgan fingerprint density at radius 3 is 2.10 bits per heavy atom. The molecule has 1 unspecified atom stereocenters. The zero-order valence-corrected chi connectivity index (χ0v) is 11.4. The highest BCUT2D eigenvalue weighted by atomic mass is 16.2. The van der Waals surface area contributed by atoms with Crippen LogP contribution in [-0.2, 0) is 4.79 Å². The van der Waals surface area contributed by atoms with Crippen molar-refractivity contribution in [3.63, 3.8) is 0 Å². The molecule has 2 aromatic carbocycles. The summed E-state index contributed by atoms with van der Waals surface area (Å²) in [5.41, 5.74) is 1.59. The lowest BCUT2D eigenvalue weighted by molar-refractivity contribution is -0.120. The average molecular weight is 267 g/mol. The first kappa shape index (κ1) is 14.0. The van der Waals surface area contributed by atoms with Crippen molar-refractivity contribution in [1.29, 1.82) is 0 Å². The molecule has 0 aliphatic rings. The second-order valence-corrected chi connectivity index (χ2v) is 4.67. The van der Waals surface area contributed by atoms with Gasteiger partial charge < -0.3 is 5.32 Å². The monoisotopic (exact) mass is 267 g/mol. The number of carbonyl (C=O) groups is 2. The van der Waals surface area contributed by atoms with Crippen LogP contribution in [0.25, 0.3) is 0 Å². The molecule has 0 aliphatic heterocycles. The summed E-state index contributed by atoms with van der Waals surface area (Å²) in [6.45, 7) is 1.90. The first-order valence-corrected chi connectivity index (χ1v) is 6.59. The van der Waals surface area contributed by atoms with Crippen LogP contribution in [0.2, 0.25) is 0 Å². The third-order valence-corrected chi connectivity index (χ3v) is 3.09. The van der Waals surface area contributed by atoms with E-state index >= 15 is 0 Å². The molecule has 1 N–H and O–H groups in total. The normalized spacial score (nSPS) is 11.7. The summed E-state index contributed by atoms with van der Waals surface area (Å²) in [7, 11) is 0. The van der Waals surface area contributed by atoms with Crippen LogP contribution >= 0.6 is 0 Å². The Bertz CT molecular complexity index is 578. The van der Waals surface area contributed by atoms with Gasteiger partial charge in [0.25, 0.3) is 0 Å². The van der Waals surface area contributed by atoms with Gasteiger partial charge in [-0.1, -0.05) is 60.7 Å². The van der Waals surface area contributed by atoms with Crippen LogP contribution in [-0.4, -0.2) is 11.7 Å². The van der Waals surface area contributed by atoms with Gasteiger partial charge in [-0.05, 0) is 12.5 Å². The van der Waals surface area contributed by atoms with E-state index < -0.39 is 0 Å². The zero-order chi connectivity index (χ0) is 14.4. The number of nitrogens with one attached hydrogen (secondary N) is 1. The summed E-state index contributed by atoms with van der Waals surface area (Å²) < 4.78 is 0. The number of benzene rings is 2. The van der Waals surface area contributed by atoms with E-state index in [-0.39, 0.29) is 24.2 Å². The summed E-state index contributed by atoms with van der Waals surface area (Å²) >= 11 is 0. The zero-order valence-electron chi connectivity index (χ0n) is 11.4. The van der Waals surface area contributed by atoms with E-state index in [0.29, 0.717) is 5.56 Å². The Morgan fingerprint density at radius 2 is 1.50 bits per heavy atom. The molecule has 0 spiro atoms. The number of hydrogen-bond acceptors (Lipinski definition) is 2. The van der Waals surface area contributed by atoms with Gasteiger partial charge in [0, 0.05) is 5.56 Å². The van der Waals surface area contributed by atoms with E-state index in [0.717, 1.165) is 5.56 Å². The van der Waals surface area contributed by atoms with Crippen LogP contribution in [0.1, 0.15) is 35.3 Å². The Balaban J connectivity index is 1.91. The summed E-state index contributed by atoms with van der Waals surface area (Å²) in [4.78, 5) is 23.8. The van der Waals surface area contributed by atoms with Gasteiger partial charge in [0.05, 0.1) is 12.5 Å². The molecule has 3 heteroatoms. The van der Waals surface area contributed by atoms with Crippen LogP contribution in [0.5, 0.6) is 0 Å². The van der Waals surface area contributed by atoms with Crippen LogP contribution in [0.4, 0.5) is 0 Å². The minimum absolute atomic E-state index is 0.104. The highest BCUT2D eigenvalue weighted by Gasteiger charge is 2.14. The van der Waals surface area contributed by atoms with E-state index in [2.05, 4.69) is 5.32 Å². The fourth-order valence-electron chi connectivity index (χ4n) is 1.99. The average Bonchev–Trinajstić information content (AvgIpc) is 2.49. The highest BCUT2D eigenvalue weighted by Crippen LogP contribution is 2.11. The van der Waals surface area contributed by atoms with Gasteiger partial charge in [0.15, 0.2) is 5.78 Å². The predicted octanol–water partition coefficient (Wildman–Crippen LogP) is 3.14. The second-order valence-electron chi connectivity index (χ2n) is 4.67. The summed E-state index contributed by atoms with van der Waals surface area (Å²) in [5.74, 6) is -0.418. The lowest BCUT2D eigenvalue weighted by Gasteiger charge is -2.13. The molecule has 1 amide bonds. The first-order chi connectivity index (χ1) is 9.66. The van der Waals surface area contributed by atoms with Crippen molar-refractivity contribution < 1.29 is 9.59 Å². The van der Waals surface area contributed by atoms with E-state index in [1.54, 1.807) is 24.3 Å². The number of carbonyl (C=O) groups excluding carboxylic acids is 2. The molecule has 0 saturated heterocycles. The number of hydrogen-bond donors (Lipinski definition) is 1. The summed E-state index contributed by atoms with van der Waals surface area (Å²) in [6.07, 6.45) is -0.124. The maximum absolute atomic E-state index is 11.9. The molecular formula is C17H17NO2. The number of ketones is 1. The van der Waals surface area contributed by atoms with Crippen LogP contribution < -0.4 is 5.32 Å². The van der Waals surface area contributed by atoms with Crippen molar-refractivity contribution in [2.75, 3.05) is 0 Å². The van der Waals surface area contributed by atoms with Crippen molar-refractivity contribution in [3.8, 4) is 0 Å². The largest absolute Gasteiger partial charge is 0.349 e. The molecule has 0 fully saturated rings. The summed E-state index contributed by atoms with van der Waals surface area (Å²) in [5, 5.41) is 2.84. The van der Waals surface area contributed by atoms with Gasteiger partial charge in [-0.15, -0.1) is 0 Å². The molecule has 0 bridgehead atoms. The van der Waals surface area contributed by atoms with Gasteiger partial charge in [-0.3, -0.25) is 9.59 Å². The molecule has 20 heavy (non-hydrogen) atoms. The van der Waals surface area contributed by atoms with Gasteiger partial charge >= 0.3 is 0 Å². The smallest absolute Gasteiger partial charge is 0.228 e. The molecule has 0 aromatic heterocycles. The highest BCUT2D eigenvalue weighted by molar-refractivity contribution is 6.07. The van der Waals surface area contributed by atoms with Crippen molar-refractivity contribution >= 4 is 11.7 Å². The topological polar surface area (TPSA) is 46.2 Å². The fraction of sp³-hybridized carbons (Fsp3) is 0.176. The van der Waals surface area contributed by atoms with E-state index in [1.807, 2.05) is 43.3 Å². The van der Waals surface area contributed by atoms with Crippen LogP contribution in [0.15, 0.2) is 60.7 Å². The molecule has 2 aromatic rings. The summed E-state index contributed by atoms with van der Waals surface area (Å²) in [6, 6.07) is 18.4. The lowest BCUT2D eigenvalue weighted by atomic mass is 10.1. The van der Waals surface area contributed by atoms with Crippen molar-refractivity contribution in [2.45, 2.75) is 19.4 Å². The Kier molecular flexibility index (Phi) is 4.66. The van der Waals surface area contributed by atoms with Crippen molar-refractivity contribution in [3.05, 3.63) is 71.8 Å². The third-order valence-electron chi connectivity index (χ3n) is 3.09. The molecule has 1 atom stereocenters. The van der Waals surface area contributed by atoms with E-state index in [1.165, 1.54) is 0 Å². The molecule has 3 nitrogen and oxygen atoms in total. The Morgan fingerprint density at radius 1 is 0.950 bits per heavy atom. The molecule has 0 radical (unpaired) electrons. The van der Waals surface area contributed by atoms with Gasteiger partial charge in [0.2, 0.25) is 5.91 Å². The van der Waals surface area contributed by atoms with Gasteiger partial charge in [-0.25, -0.2) is 0 Å². The van der Waals surface area contributed by atoms with Gasteiger partial charge in [-0.2, -0.15) is 0 Å². The quantitative estimate of drug-likeness (QED) is 0.668. The Labute approximate surface area is 118 Å². The first-order valence-electron chi connectivity index (χ1n) is 6.59. The van der Waals surface area contributed by atoms with E-state index in [4.69, 9.17) is 0 Å². The standard InChI is InChI=1S/C17H17NO2/c1-13(14-8-4-2-5-9-14)18-17(20)12-16(19)15-10-6-3-7-11-15/h2-11,13H,12H2,1H3,(H,18,20). The van der Waals surface area contributed by atoms with Crippen molar-refractivity contribution in [2.24, 2.45) is 0 Å². The third kappa shape index (κ3) is 3.79. The molecule has 0 aliphatic carbocycles. The number of Topliss-reactive ketones (excluding diaryl/α,β-unsaturated/α-hetero) is 1. The molecule has 2 rings (SSSR count). The predicted molar refractivity (Wildman–Crippen MR) is 78.4 cm³/mol. The van der Waals surface area contributed by atoms with Crippen LogP contribution in [0.3, 0.4) is 0 Å². The minimum atomic E-state index is -0.254. The van der Waals surface area contributed by atoms with E-state index in [9.17, 15) is 9.59 Å². The lowest BCUT2D eigenvalue weighted by Crippen LogP contribution is -2.28. The SMILES string of the molecule is CC(NC(=O)CC(=O)c1ccccc1)c1ccccc1. The molecular weight excluding hydrogens is 250 g/mol.